The lowest BCUT2D eigenvalue weighted by molar-refractivity contribution is 0.354. The Hall–Kier alpha value is -5.10. The Morgan fingerprint density at radius 2 is 1.55 bits per heavy atom. The normalized spacial score (nSPS) is 11.1. The third-order valence-electron chi connectivity index (χ3n) is 7.15. The zero-order chi connectivity index (χ0) is 30.6. The van der Waals surface area contributed by atoms with Crippen LogP contribution in [-0.4, -0.2) is 53.0 Å². The summed E-state index contributed by atoms with van der Waals surface area (Å²) in [5.74, 6) is 4.29. The van der Waals surface area contributed by atoms with Gasteiger partial charge in [0.05, 0.1) is 51.0 Å². The molecule has 6 rings (SSSR count). The van der Waals surface area contributed by atoms with E-state index in [1.54, 1.807) is 56.8 Å². The first-order valence-electron chi connectivity index (χ1n) is 13.9. The highest BCUT2D eigenvalue weighted by molar-refractivity contribution is 7.12. The van der Waals surface area contributed by atoms with Crippen molar-refractivity contribution < 1.29 is 23.4 Å². The van der Waals surface area contributed by atoms with Gasteiger partial charge in [-0.05, 0) is 67.3 Å². The molecule has 44 heavy (non-hydrogen) atoms. The van der Waals surface area contributed by atoms with Crippen LogP contribution in [0.5, 0.6) is 23.0 Å². The standard InChI is InChI=1S/C32H32N6O5S/c1-19-35-29(28(44-19)13-10-20-8-11-23(39-2)26(15-20)41-4)22-18-34-32(33-17-21-9-12-24(40-3)27(16-21)42-5)38-31(22)36-30(37-38)25-7-6-14-43-25/h6-9,11-12,14-16,18H,10,13,17H2,1-5H3,(H,33,34). The van der Waals surface area contributed by atoms with Crippen molar-refractivity contribution in [1.29, 1.82) is 0 Å². The lowest BCUT2D eigenvalue weighted by Gasteiger charge is -2.12. The highest BCUT2D eigenvalue weighted by Crippen LogP contribution is 2.34. The topological polar surface area (TPSA) is 118 Å². The summed E-state index contributed by atoms with van der Waals surface area (Å²) in [5, 5.41) is 9.13. The van der Waals surface area contributed by atoms with Crippen LogP contribution in [0.3, 0.4) is 0 Å². The number of rotatable bonds is 12. The fourth-order valence-corrected chi connectivity index (χ4v) is 5.93. The van der Waals surface area contributed by atoms with Crippen LogP contribution in [0.15, 0.2) is 65.4 Å². The number of aryl methyl sites for hydroxylation is 3. The van der Waals surface area contributed by atoms with Crippen molar-refractivity contribution in [3.8, 4) is 45.8 Å². The maximum atomic E-state index is 5.62. The Kier molecular flexibility index (Phi) is 8.33. The molecule has 0 amide bonds. The van der Waals surface area contributed by atoms with Crippen molar-refractivity contribution in [2.45, 2.75) is 26.3 Å². The summed E-state index contributed by atoms with van der Waals surface area (Å²) in [4.78, 5) is 15.7. The average Bonchev–Trinajstić information content (AvgIpc) is 3.82. The van der Waals surface area contributed by atoms with Crippen LogP contribution in [0.1, 0.15) is 21.0 Å². The highest BCUT2D eigenvalue weighted by Gasteiger charge is 2.21. The number of anilines is 1. The minimum Gasteiger partial charge on any atom is -0.493 e. The van der Waals surface area contributed by atoms with E-state index in [0.29, 0.717) is 52.7 Å². The Morgan fingerprint density at radius 3 is 2.23 bits per heavy atom. The van der Waals surface area contributed by atoms with Gasteiger partial charge in [0.25, 0.3) is 0 Å². The molecule has 0 aliphatic rings. The number of hydrogen-bond donors (Lipinski definition) is 1. The molecule has 226 valence electrons. The molecule has 6 aromatic rings. The Balaban J connectivity index is 1.34. The van der Waals surface area contributed by atoms with Gasteiger partial charge in [0.2, 0.25) is 11.8 Å². The number of furan rings is 1. The van der Waals surface area contributed by atoms with E-state index in [-0.39, 0.29) is 0 Å². The molecule has 0 aliphatic heterocycles. The van der Waals surface area contributed by atoms with E-state index in [2.05, 4.69) is 11.4 Å². The number of thiazole rings is 1. The second-order valence-electron chi connectivity index (χ2n) is 9.88. The maximum Gasteiger partial charge on any atom is 0.226 e. The molecule has 0 aliphatic carbocycles. The lowest BCUT2D eigenvalue weighted by atomic mass is 10.1. The number of nitrogens with one attached hydrogen (secondary N) is 1. The molecule has 11 nitrogen and oxygen atoms in total. The summed E-state index contributed by atoms with van der Waals surface area (Å²) < 4.78 is 29.1. The average molecular weight is 613 g/mol. The van der Waals surface area contributed by atoms with Gasteiger partial charge in [0, 0.05) is 17.6 Å². The van der Waals surface area contributed by atoms with Crippen LogP contribution in [0, 0.1) is 6.92 Å². The summed E-state index contributed by atoms with van der Waals surface area (Å²) in [7, 11) is 6.52. The summed E-state index contributed by atoms with van der Waals surface area (Å²) >= 11 is 1.67. The van der Waals surface area contributed by atoms with Crippen molar-refractivity contribution in [3.05, 3.63) is 82.0 Å². The molecular formula is C32H32N6O5S. The molecule has 4 aromatic heterocycles. The molecule has 1 N–H and O–H groups in total. The van der Waals surface area contributed by atoms with Gasteiger partial charge in [-0.25, -0.2) is 15.0 Å². The lowest BCUT2D eigenvalue weighted by Crippen LogP contribution is -2.08. The minimum absolute atomic E-state index is 0.456. The zero-order valence-electron chi connectivity index (χ0n) is 25.1. The third-order valence-corrected chi connectivity index (χ3v) is 8.18. The monoisotopic (exact) mass is 612 g/mol. The van der Waals surface area contributed by atoms with Crippen molar-refractivity contribution in [3.63, 3.8) is 0 Å². The van der Waals surface area contributed by atoms with Gasteiger partial charge in [0.1, 0.15) is 0 Å². The van der Waals surface area contributed by atoms with Crippen LogP contribution in [-0.2, 0) is 19.4 Å². The van der Waals surface area contributed by atoms with Crippen LogP contribution in [0.25, 0.3) is 28.5 Å². The van der Waals surface area contributed by atoms with Crippen LogP contribution in [0.4, 0.5) is 5.95 Å². The SMILES string of the molecule is COc1ccc(CCc2sc(C)nc2-c2cnc(NCc3ccc(OC)c(OC)c3)n3nc(-c4ccco4)nc23)cc1OC. The Labute approximate surface area is 258 Å². The molecule has 0 atom stereocenters. The van der Waals surface area contributed by atoms with Crippen molar-refractivity contribution in [2.75, 3.05) is 33.8 Å². The van der Waals surface area contributed by atoms with Gasteiger partial charge in [0.15, 0.2) is 34.4 Å². The first-order chi connectivity index (χ1) is 21.5. The number of benzene rings is 2. The van der Waals surface area contributed by atoms with Gasteiger partial charge < -0.3 is 28.7 Å². The summed E-state index contributed by atoms with van der Waals surface area (Å²) in [6.45, 7) is 2.49. The maximum absolute atomic E-state index is 5.62. The van der Waals surface area contributed by atoms with E-state index in [9.17, 15) is 0 Å². The first-order valence-corrected chi connectivity index (χ1v) is 14.7. The summed E-state index contributed by atoms with van der Waals surface area (Å²) in [5.41, 5.74) is 4.38. The van der Waals surface area contributed by atoms with Gasteiger partial charge in [-0.15, -0.1) is 16.4 Å². The molecule has 0 unspecified atom stereocenters. The molecule has 0 radical (unpaired) electrons. The number of nitrogens with zero attached hydrogens (tertiary/aromatic N) is 5. The van der Waals surface area contributed by atoms with E-state index in [1.165, 1.54) is 0 Å². The second kappa shape index (κ2) is 12.6. The second-order valence-corrected chi connectivity index (χ2v) is 11.2. The molecule has 0 bridgehead atoms. The molecule has 0 saturated heterocycles. The molecule has 0 spiro atoms. The summed E-state index contributed by atoms with van der Waals surface area (Å²) in [6, 6.07) is 15.4. The van der Waals surface area contributed by atoms with E-state index in [0.717, 1.165) is 45.1 Å². The van der Waals surface area contributed by atoms with E-state index in [1.807, 2.05) is 49.4 Å². The van der Waals surface area contributed by atoms with Gasteiger partial charge >= 0.3 is 0 Å². The van der Waals surface area contributed by atoms with Gasteiger partial charge in [-0.2, -0.15) is 4.52 Å². The van der Waals surface area contributed by atoms with Crippen molar-refractivity contribution in [1.82, 2.24) is 24.6 Å². The van der Waals surface area contributed by atoms with Crippen molar-refractivity contribution >= 4 is 22.9 Å². The van der Waals surface area contributed by atoms with E-state index in [4.69, 9.17) is 43.4 Å². The molecule has 0 fully saturated rings. The quantitative estimate of drug-likeness (QED) is 0.170. The number of aromatic nitrogens is 5. The number of ether oxygens (including phenoxy) is 4. The fraction of sp³-hybridized carbons (Fsp3) is 0.250. The zero-order valence-corrected chi connectivity index (χ0v) is 25.9. The number of methoxy groups -OCH3 is 4. The molecule has 0 saturated carbocycles. The minimum atomic E-state index is 0.456. The largest absolute Gasteiger partial charge is 0.493 e. The highest BCUT2D eigenvalue weighted by atomic mass is 32.1. The van der Waals surface area contributed by atoms with Crippen LogP contribution < -0.4 is 24.3 Å². The molecule has 12 heteroatoms. The van der Waals surface area contributed by atoms with Crippen LogP contribution in [0.2, 0.25) is 0 Å². The van der Waals surface area contributed by atoms with Gasteiger partial charge in [-0.3, -0.25) is 0 Å². The predicted octanol–water partition coefficient (Wildman–Crippen LogP) is 6.25. The third kappa shape index (κ3) is 5.76. The Bertz CT molecular complexity index is 1900. The van der Waals surface area contributed by atoms with E-state index >= 15 is 0 Å². The van der Waals surface area contributed by atoms with Crippen molar-refractivity contribution in [2.24, 2.45) is 0 Å². The number of hydrogen-bond acceptors (Lipinski definition) is 11. The summed E-state index contributed by atoms with van der Waals surface area (Å²) in [6.07, 6.45) is 4.99. The van der Waals surface area contributed by atoms with Gasteiger partial charge in [-0.1, -0.05) is 12.1 Å². The van der Waals surface area contributed by atoms with Crippen LogP contribution >= 0.6 is 11.3 Å². The number of fused-ring (bicyclic) bond motifs is 1. The smallest absolute Gasteiger partial charge is 0.226 e. The fourth-order valence-electron chi connectivity index (χ4n) is 4.98. The molecule has 2 aromatic carbocycles. The first kappa shape index (κ1) is 29.0. The van der Waals surface area contributed by atoms with E-state index < -0.39 is 0 Å². The molecule has 4 heterocycles. The Morgan fingerprint density at radius 1 is 0.841 bits per heavy atom. The molecular weight excluding hydrogens is 580 g/mol. The predicted molar refractivity (Wildman–Crippen MR) is 168 cm³/mol.